The van der Waals surface area contributed by atoms with Crippen molar-refractivity contribution in [2.45, 2.75) is 6.92 Å². The molecule has 0 atom stereocenters. The van der Waals surface area contributed by atoms with Crippen LogP contribution in [-0.4, -0.2) is 18.1 Å². The minimum Gasteiger partial charge on any atom is -0.486 e. The van der Waals surface area contributed by atoms with E-state index in [4.69, 9.17) is 4.74 Å². The molecule has 0 fully saturated rings. The first-order valence-corrected chi connectivity index (χ1v) is 7.68. The van der Waals surface area contributed by atoms with Crippen molar-refractivity contribution >= 4 is 12.2 Å². The van der Waals surface area contributed by atoms with Crippen LogP contribution < -0.4 is 0 Å². The van der Waals surface area contributed by atoms with Gasteiger partial charge >= 0.3 is 0 Å². The first kappa shape index (κ1) is 16.5. The number of nitrogens with zero attached hydrogens (tertiary/aromatic N) is 3. The predicted molar refractivity (Wildman–Crippen MR) is 95.8 cm³/mol. The van der Waals surface area contributed by atoms with Gasteiger partial charge in [-0.2, -0.15) is 5.26 Å². The highest BCUT2D eigenvalue weighted by atomic mass is 19.1. The topological polar surface area (TPSA) is 50.3 Å². The zero-order valence-corrected chi connectivity index (χ0v) is 13.9. The molecule has 0 unspecified atom stereocenters. The summed E-state index contributed by atoms with van der Waals surface area (Å²) in [7, 11) is 1.49. The zero-order chi connectivity index (χ0) is 17.8. The van der Waals surface area contributed by atoms with E-state index in [2.05, 4.69) is 11.1 Å². The summed E-state index contributed by atoms with van der Waals surface area (Å²) < 4.78 is 19.9. The molecule has 25 heavy (non-hydrogen) atoms. The number of benzene rings is 2. The minimum absolute atomic E-state index is 0.322. The Morgan fingerprint density at radius 2 is 1.80 bits per heavy atom. The smallest absolute Gasteiger partial charge is 0.175 e. The van der Waals surface area contributed by atoms with Crippen molar-refractivity contribution in [2.75, 3.05) is 7.11 Å². The van der Waals surface area contributed by atoms with Crippen molar-refractivity contribution in [2.24, 2.45) is 4.99 Å². The van der Waals surface area contributed by atoms with E-state index in [1.165, 1.54) is 25.6 Å². The largest absolute Gasteiger partial charge is 0.486 e. The van der Waals surface area contributed by atoms with Crippen molar-refractivity contribution < 1.29 is 9.13 Å². The van der Waals surface area contributed by atoms with Gasteiger partial charge < -0.3 is 4.74 Å². The van der Waals surface area contributed by atoms with Crippen LogP contribution in [0.4, 0.5) is 10.2 Å². The Balaban J connectivity index is 2.23. The van der Waals surface area contributed by atoms with E-state index >= 15 is 0 Å². The summed E-state index contributed by atoms with van der Waals surface area (Å²) in [5.74, 6) is 0.114. The summed E-state index contributed by atoms with van der Waals surface area (Å²) in [6.45, 7) is 2.01. The molecule has 0 aliphatic rings. The molecule has 3 aromatic rings. The molecule has 3 rings (SSSR count). The van der Waals surface area contributed by atoms with Crippen molar-refractivity contribution in [1.82, 2.24) is 4.57 Å². The standard InChI is InChI=1S/C20H16FN3O/c1-14-3-5-15(6-4-14)19-12-24(17-9-7-16(21)8-10-17)20(18(19)11-22)23-13-25-2/h3-10,12-13H,1-2H3/b23-13+. The van der Waals surface area contributed by atoms with Gasteiger partial charge in [-0.05, 0) is 36.8 Å². The predicted octanol–water partition coefficient (Wildman–Crippen LogP) is 4.77. The van der Waals surface area contributed by atoms with Crippen molar-refractivity contribution in [3.8, 4) is 22.9 Å². The van der Waals surface area contributed by atoms with Crippen molar-refractivity contribution in [3.63, 3.8) is 0 Å². The third-order valence-electron chi connectivity index (χ3n) is 3.84. The van der Waals surface area contributed by atoms with Crippen LogP contribution in [0.15, 0.2) is 59.7 Å². The van der Waals surface area contributed by atoms with Gasteiger partial charge in [0.2, 0.25) is 0 Å². The fourth-order valence-corrected chi connectivity index (χ4v) is 2.59. The molecule has 5 heteroatoms. The first-order valence-electron chi connectivity index (χ1n) is 7.68. The maximum Gasteiger partial charge on any atom is 0.175 e. The number of hydrogen-bond acceptors (Lipinski definition) is 3. The fourth-order valence-electron chi connectivity index (χ4n) is 2.59. The number of ether oxygens (including phenoxy) is 1. The van der Waals surface area contributed by atoms with Gasteiger partial charge in [0.15, 0.2) is 12.2 Å². The van der Waals surface area contributed by atoms with Crippen LogP contribution in [0.5, 0.6) is 0 Å². The molecule has 0 amide bonds. The molecule has 0 aliphatic heterocycles. The van der Waals surface area contributed by atoms with Crippen LogP contribution in [0.2, 0.25) is 0 Å². The summed E-state index contributed by atoms with van der Waals surface area (Å²) in [5.41, 5.74) is 3.95. The molecule has 0 radical (unpaired) electrons. The lowest BCUT2D eigenvalue weighted by molar-refractivity contribution is 0.423. The third kappa shape index (κ3) is 3.29. The second kappa shape index (κ2) is 7.02. The van der Waals surface area contributed by atoms with Crippen LogP contribution in [0.25, 0.3) is 16.8 Å². The second-order valence-corrected chi connectivity index (χ2v) is 5.54. The van der Waals surface area contributed by atoms with Gasteiger partial charge in [0.25, 0.3) is 0 Å². The molecule has 4 nitrogen and oxygen atoms in total. The van der Waals surface area contributed by atoms with E-state index in [9.17, 15) is 9.65 Å². The molecule has 2 aromatic carbocycles. The number of methoxy groups -OCH3 is 1. The Hall–Kier alpha value is -3.39. The van der Waals surface area contributed by atoms with Crippen LogP contribution >= 0.6 is 0 Å². The van der Waals surface area contributed by atoms with E-state index < -0.39 is 0 Å². The van der Waals surface area contributed by atoms with Gasteiger partial charge in [0.1, 0.15) is 17.4 Å². The van der Waals surface area contributed by atoms with E-state index in [0.29, 0.717) is 17.1 Å². The Kier molecular flexibility index (Phi) is 4.62. The Morgan fingerprint density at radius 1 is 1.12 bits per heavy atom. The Bertz CT molecular complexity index is 948. The van der Waals surface area contributed by atoms with Crippen LogP contribution in [-0.2, 0) is 4.74 Å². The summed E-state index contributed by atoms with van der Waals surface area (Å²) in [6, 6.07) is 16.2. The number of hydrogen-bond donors (Lipinski definition) is 0. The molecule has 0 saturated heterocycles. The molecular formula is C20H16FN3O. The van der Waals surface area contributed by atoms with Crippen molar-refractivity contribution in [1.29, 1.82) is 5.26 Å². The molecule has 1 heterocycles. The maximum absolute atomic E-state index is 13.2. The van der Waals surface area contributed by atoms with Gasteiger partial charge in [-0.3, -0.25) is 4.57 Å². The van der Waals surface area contributed by atoms with Gasteiger partial charge in [0, 0.05) is 17.4 Å². The van der Waals surface area contributed by atoms with E-state index in [1.807, 2.05) is 37.4 Å². The maximum atomic E-state index is 13.2. The van der Waals surface area contributed by atoms with E-state index in [1.54, 1.807) is 16.7 Å². The number of aromatic nitrogens is 1. The van der Waals surface area contributed by atoms with E-state index in [0.717, 1.165) is 16.7 Å². The summed E-state index contributed by atoms with van der Waals surface area (Å²) in [4.78, 5) is 4.26. The molecule has 0 N–H and O–H groups in total. The Morgan fingerprint density at radius 3 is 2.40 bits per heavy atom. The molecule has 1 aromatic heterocycles. The fraction of sp³-hybridized carbons (Fsp3) is 0.100. The van der Waals surface area contributed by atoms with Gasteiger partial charge in [-0.1, -0.05) is 29.8 Å². The molecular weight excluding hydrogens is 317 g/mol. The van der Waals surface area contributed by atoms with E-state index in [-0.39, 0.29) is 5.82 Å². The summed E-state index contributed by atoms with van der Waals surface area (Å²) in [5, 5.41) is 9.68. The molecule has 0 spiro atoms. The van der Waals surface area contributed by atoms with Crippen LogP contribution in [0.3, 0.4) is 0 Å². The average Bonchev–Trinajstić information content (AvgIpc) is 2.99. The third-order valence-corrected chi connectivity index (χ3v) is 3.84. The number of aliphatic imine (C=N–C) groups is 1. The van der Waals surface area contributed by atoms with Crippen molar-refractivity contribution in [3.05, 3.63) is 71.7 Å². The molecule has 0 bridgehead atoms. The highest BCUT2D eigenvalue weighted by Crippen LogP contribution is 2.35. The second-order valence-electron chi connectivity index (χ2n) is 5.54. The van der Waals surface area contributed by atoms with Gasteiger partial charge in [-0.15, -0.1) is 0 Å². The minimum atomic E-state index is -0.322. The number of rotatable bonds is 4. The highest BCUT2D eigenvalue weighted by molar-refractivity contribution is 5.79. The van der Waals surface area contributed by atoms with Crippen LogP contribution in [0.1, 0.15) is 11.1 Å². The van der Waals surface area contributed by atoms with Gasteiger partial charge in [-0.25, -0.2) is 9.38 Å². The summed E-state index contributed by atoms with van der Waals surface area (Å²) >= 11 is 0. The average molecular weight is 333 g/mol. The zero-order valence-electron chi connectivity index (χ0n) is 13.9. The molecule has 0 aliphatic carbocycles. The SMILES string of the molecule is CO/C=N/c1c(C#N)c(-c2ccc(C)cc2)cn1-c1ccc(F)cc1. The number of halogens is 1. The lowest BCUT2D eigenvalue weighted by Crippen LogP contribution is -1.92. The Labute approximate surface area is 145 Å². The first-order chi connectivity index (χ1) is 12.1. The quantitative estimate of drug-likeness (QED) is 0.510. The monoisotopic (exact) mass is 333 g/mol. The lowest BCUT2D eigenvalue weighted by atomic mass is 10.0. The molecule has 0 saturated carbocycles. The van der Waals surface area contributed by atoms with Crippen LogP contribution in [0, 0.1) is 24.1 Å². The number of nitriles is 1. The highest BCUT2D eigenvalue weighted by Gasteiger charge is 2.18. The number of aryl methyl sites for hydroxylation is 1. The molecule has 124 valence electrons. The summed E-state index contributed by atoms with van der Waals surface area (Å²) in [6.07, 6.45) is 3.11. The normalized spacial score (nSPS) is 10.8. The lowest BCUT2D eigenvalue weighted by Gasteiger charge is -2.05. The van der Waals surface area contributed by atoms with Gasteiger partial charge in [0.05, 0.1) is 7.11 Å².